The molecular weight excluding hydrogens is 167 g/mol. The van der Waals surface area contributed by atoms with Crippen LogP contribution in [0.4, 0.5) is 4.39 Å². The van der Waals surface area contributed by atoms with E-state index in [0.717, 1.165) is 3.71 Å². The highest BCUT2D eigenvalue weighted by atomic mass is 79.9. The maximum absolute atomic E-state index is 11.8. The van der Waals surface area contributed by atoms with Crippen LogP contribution >= 0.6 is 16.1 Å². The summed E-state index contributed by atoms with van der Waals surface area (Å²) in [4.78, 5) is 0. The van der Waals surface area contributed by atoms with Crippen molar-refractivity contribution in [2.24, 2.45) is 0 Å². The highest BCUT2D eigenvalue weighted by Gasteiger charge is 1.95. The molecule has 0 spiro atoms. The minimum atomic E-state index is -0.750. The molecule has 4 nitrogen and oxygen atoms in total. The molecular formula is CBrFN4. The van der Waals surface area contributed by atoms with Crippen molar-refractivity contribution >= 4 is 16.1 Å². The molecule has 0 aliphatic rings. The number of halogens is 2. The van der Waals surface area contributed by atoms with Crippen LogP contribution in [0.25, 0.3) is 0 Å². The summed E-state index contributed by atoms with van der Waals surface area (Å²) in [6.45, 7) is 0. The van der Waals surface area contributed by atoms with Crippen molar-refractivity contribution in [3.8, 4) is 0 Å². The summed E-state index contributed by atoms with van der Waals surface area (Å²) in [5.41, 5.74) is 0. The third kappa shape index (κ3) is 0.738. The lowest BCUT2D eigenvalue weighted by Gasteiger charge is -1.73. The topological polar surface area (TPSA) is 43.6 Å². The molecule has 1 aromatic rings. The van der Waals surface area contributed by atoms with Crippen LogP contribution in [0.1, 0.15) is 0 Å². The van der Waals surface area contributed by atoms with Gasteiger partial charge in [-0.25, -0.2) is 0 Å². The molecule has 1 rings (SSSR count). The molecule has 0 aliphatic carbocycles. The van der Waals surface area contributed by atoms with Gasteiger partial charge < -0.3 is 0 Å². The Morgan fingerprint density at radius 2 is 2.43 bits per heavy atom. The van der Waals surface area contributed by atoms with Crippen LogP contribution in [0.3, 0.4) is 0 Å². The molecule has 38 valence electrons. The minimum Gasteiger partial charge on any atom is -0.159 e. The number of nitrogens with zero attached hydrogens (tertiary/aromatic N) is 4. The van der Waals surface area contributed by atoms with Crippen LogP contribution in [0.2, 0.25) is 0 Å². The van der Waals surface area contributed by atoms with Crippen molar-refractivity contribution in [2.45, 2.75) is 0 Å². The maximum Gasteiger partial charge on any atom is 0.337 e. The quantitative estimate of drug-likeness (QED) is 0.544. The Morgan fingerprint density at radius 3 is 2.57 bits per heavy atom. The Hall–Kier alpha value is -0.520. The lowest BCUT2D eigenvalue weighted by Crippen LogP contribution is -1.84. The minimum absolute atomic E-state index is 0.750. The Balaban J connectivity index is 3.12. The SMILES string of the molecule is Fc1nnnn1Br. The standard InChI is InChI=1S/CBrFN4/c2-7-1(3)4-5-6-7. The van der Waals surface area contributed by atoms with Crippen molar-refractivity contribution < 1.29 is 4.39 Å². The summed E-state index contributed by atoms with van der Waals surface area (Å²) < 4.78 is 12.5. The normalized spacial score (nSPS) is 9.43. The zero-order valence-electron chi connectivity index (χ0n) is 3.04. The molecule has 0 fully saturated rings. The second-order valence-electron chi connectivity index (χ2n) is 0.808. The molecule has 0 atom stereocenters. The molecule has 6 heteroatoms. The van der Waals surface area contributed by atoms with Gasteiger partial charge >= 0.3 is 6.08 Å². The summed E-state index contributed by atoms with van der Waals surface area (Å²) in [6, 6.07) is 0. The van der Waals surface area contributed by atoms with E-state index in [1.807, 2.05) is 0 Å². The third-order valence-corrected chi connectivity index (χ3v) is 0.833. The van der Waals surface area contributed by atoms with E-state index in [1.165, 1.54) is 0 Å². The lowest BCUT2D eigenvalue weighted by atomic mass is 11.3. The smallest absolute Gasteiger partial charge is 0.159 e. The van der Waals surface area contributed by atoms with Gasteiger partial charge in [-0.15, -0.1) is 3.71 Å². The van der Waals surface area contributed by atoms with E-state index >= 15 is 0 Å². The zero-order valence-corrected chi connectivity index (χ0v) is 4.63. The molecule has 0 aromatic carbocycles. The fraction of sp³-hybridized carbons (Fsp3) is 0. The van der Waals surface area contributed by atoms with E-state index in [4.69, 9.17) is 0 Å². The van der Waals surface area contributed by atoms with Crippen molar-refractivity contribution in [3.05, 3.63) is 6.08 Å². The number of hydrogen-bond acceptors (Lipinski definition) is 3. The number of tetrazole rings is 1. The molecule has 0 aliphatic heterocycles. The highest BCUT2D eigenvalue weighted by Crippen LogP contribution is 1.89. The molecule has 0 saturated heterocycles. The van der Waals surface area contributed by atoms with Gasteiger partial charge in [-0.05, 0) is 10.4 Å². The van der Waals surface area contributed by atoms with Gasteiger partial charge in [0.1, 0.15) is 0 Å². The van der Waals surface area contributed by atoms with E-state index < -0.39 is 6.08 Å². The number of rotatable bonds is 0. The van der Waals surface area contributed by atoms with Crippen LogP contribution in [-0.4, -0.2) is 19.2 Å². The molecule has 7 heavy (non-hydrogen) atoms. The van der Waals surface area contributed by atoms with Gasteiger partial charge in [0.05, 0.1) is 16.1 Å². The first-order valence-corrected chi connectivity index (χ1v) is 2.11. The van der Waals surface area contributed by atoms with Crippen LogP contribution in [0, 0.1) is 6.08 Å². The molecule has 0 radical (unpaired) electrons. The molecule has 0 unspecified atom stereocenters. The predicted molar refractivity (Wildman–Crippen MR) is 22.1 cm³/mol. The van der Waals surface area contributed by atoms with E-state index in [9.17, 15) is 4.39 Å². The Bertz CT molecular complexity index is 144. The lowest BCUT2D eigenvalue weighted by molar-refractivity contribution is 0.531. The van der Waals surface area contributed by atoms with Crippen LogP contribution in [-0.2, 0) is 0 Å². The van der Waals surface area contributed by atoms with E-state index in [0.29, 0.717) is 0 Å². The predicted octanol–water partition coefficient (Wildman–Crippen LogP) is -0.0298. The monoisotopic (exact) mass is 166 g/mol. The summed E-state index contributed by atoms with van der Waals surface area (Å²) in [6.07, 6.45) is -0.750. The first-order chi connectivity index (χ1) is 3.30. The zero-order chi connectivity index (χ0) is 5.28. The van der Waals surface area contributed by atoms with Gasteiger partial charge in [-0.1, -0.05) is 5.10 Å². The van der Waals surface area contributed by atoms with Crippen molar-refractivity contribution in [1.82, 2.24) is 19.2 Å². The summed E-state index contributed by atoms with van der Waals surface area (Å²) in [5.74, 6) is 0. The number of aromatic nitrogens is 4. The average Bonchev–Trinajstić information content (AvgIpc) is 1.91. The molecule has 1 heterocycles. The molecule has 1 aromatic heterocycles. The van der Waals surface area contributed by atoms with Crippen LogP contribution in [0.15, 0.2) is 0 Å². The Kier molecular flexibility index (Phi) is 1.01. The second kappa shape index (κ2) is 1.53. The van der Waals surface area contributed by atoms with Gasteiger partial charge in [-0.2, -0.15) is 4.39 Å². The molecule has 0 N–H and O–H groups in total. The van der Waals surface area contributed by atoms with Gasteiger partial charge in [0, 0.05) is 0 Å². The highest BCUT2D eigenvalue weighted by molar-refractivity contribution is 9.08. The largest absolute Gasteiger partial charge is 0.337 e. The summed E-state index contributed by atoms with van der Waals surface area (Å²) in [5, 5.41) is 8.98. The fourth-order valence-electron chi connectivity index (χ4n) is 0.166. The first kappa shape index (κ1) is 4.63. The van der Waals surface area contributed by atoms with E-state index in [1.54, 1.807) is 0 Å². The summed E-state index contributed by atoms with van der Waals surface area (Å²) in [7, 11) is 0. The third-order valence-electron chi connectivity index (χ3n) is 0.398. The molecule has 0 saturated carbocycles. The van der Waals surface area contributed by atoms with E-state index in [-0.39, 0.29) is 0 Å². The fourth-order valence-corrected chi connectivity index (χ4v) is 0.300. The maximum atomic E-state index is 11.8. The first-order valence-electron chi connectivity index (χ1n) is 1.41. The Labute approximate surface area is 46.7 Å². The van der Waals surface area contributed by atoms with Gasteiger partial charge in [0.25, 0.3) is 0 Å². The van der Waals surface area contributed by atoms with Crippen molar-refractivity contribution in [3.63, 3.8) is 0 Å². The second-order valence-corrected chi connectivity index (χ2v) is 1.48. The van der Waals surface area contributed by atoms with Gasteiger partial charge in [0.15, 0.2) is 0 Å². The molecule has 0 amide bonds. The average molecular weight is 167 g/mol. The van der Waals surface area contributed by atoms with Crippen LogP contribution < -0.4 is 0 Å². The molecule has 0 bridgehead atoms. The summed E-state index contributed by atoms with van der Waals surface area (Å²) >= 11 is 2.67. The number of hydrogen-bond donors (Lipinski definition) is 0. The Morgan fingerprint density at radius 1 is 1.71 bits per heavy atom. The van der Waals surface area contributed by atoms with Crippen molar-refractivity contribution in [2.75, 3.05) is 0 Å². The van der Waals surface area contributed by atoms with Crippen molar-refractivity contribution in [1.29, 1.82) is 0 Å². The van der Waals surface area contributed by atoms with Gasteiger partial charge in [0.2, 0.25) is 0 Å². The van der Waals surface area contributed by atoms with Gasteiger partial charge in [-0.3, -0.25) is 0 Å². The van der Waals surface area contributed by atoms with Crippen LogP contribution in [0.5, 0.6) is 0 Å². The van der Waals surface area contributed by atoms with E-state index in [2.05, 4.69) is 31.7 Å².